The number of pyridine rings is 1. The summed E-state index contributed by atoms with van der Waals surface area (Å²) in [5, 5.41) is 15.8. The van der Waals surface area contributed by atoms with Gasteiger partial charge in [-0.15, -0.1) is 0 Å². The van der Waals surface area contributed by atoms with Gasteiger partial charge < -0.3 is 15.7 Å². The molecule has 2 aliphatic heterocycles. The van der Waals surface area contributed by atoms with Gasteiger partial charge in [0.15, 0.2) is 0 Å². The fourth-order valence-corrected chi connectivity index (χ4v) is 5.15. The van der Waals surface area contributed by atoms with Gasteiger partial charge in [-0.25, -0.2) is 19.7 Å². The average Bonchev–Trinajstić information content (AvgIpc) is 3.36. The van der Waals surface area contributed by atoms with Gasteiger partial charge in [0.2, 0.25) is 5.91 Å². The molecule has 36 heavy (non-hydrogen) atoms. The molecule has 0 aliphatic carbocycles. The monoisotopic (exact) mass is 494 g/mol. The number of fused-ring (bicyclic) bond motifs is 1. The third kappa shape index (κ3) is 7.46. The lowest BCUT2D eigenvalue weighted by Crippen LogP contribution is -2.49. The summed E-state index contributed by atoms with van der Waals surface area (Å²) in [6, 6.07) is 5.03. The topological polar surface area (TPSA) is 120 Å². The molecule has 4 rings (SSSR count). The zero-order valence-electron chi connectivity index (χ0n) is 21.0. The Bertz CT molecular complexity index is 1000. The van der Waals surface area contributed by atoms with E-state index in [2.05, 4.69) is 37.6 Å². The van der Waals surface area contributed by atoms with Crippen molar-refractivity contribution in [1.82, 2.24) is 25.2 Å². The SMILES string of the molecule is O=C(O)C(CCCCCCCc1ccc2c(n1)NCCC2)NC(=O)C1CCCN1Cc1ccncn1. The number of aryl methyl sites for hydroxylation is 2. The van der Waals surface area contributed by atoms with Gasteiger partial charge in [0.25, 0.3) is 0 Å². The van der Waals surface area contributed by atoms with Crippen LogP contribution in [0.5, 0.6) is 0 Å². The van der Waals surface area contributed by atoms with Crippen molar-refractivity contribution in [2.24, 2.45) is 0 Å². The van der Waals surface area contributed by atoms with Crippen molar-refractivity contribution in [2.75, 3.05) is 18.4 Å². The molecule has 0 spiro atoms. The average molecular weight is 495 g/mol. The van der Waals surface area contributed by atoms with E-state index in [0.29, 0.717) is 13.0 Å². The van der Waals surface area contributed by atoms with Crippen LogP contribution >= 0.6 is 0 Å². The van der Waals surface area contributed by atoms with E-state index in [0.717, 1.165) is 88.1 Å². The molecule has 1 amide bonds. The van der Waals surface area contributed by atoms with Crippen LogP contribution in [0.15, 0.2) is 30.7 Å². The van der Waals surface area contributed by atoms with E-state index >= 15 is 0 Å². The Labute approximate surface area is 213 Å². The minimum absolute atomic E-state index is 0.194. The molecule has 2 aliphatic rings. The van der Waals surface area contributed by atoms with E-state index in [4.69, 9.17) is 4.98 Å². The molecular formula is C27H38N6O3. The van der Waals surface area contributed by atoms with Gasteiger partial charge in [0.1, 0.15) is 18.2 Å². The number of carboxylic acid groups (broad SMARTS) is 1. The molecule has 2 atom stereocenters. The molecule has 3 N–H and O–H groups in total. The summed E-state index contributed by atoms with van der Waals surface area (Å²) in [5.74, 6) is -0.105. The second-order valence-electron chi connectivity index (χ2n) is 9.88. The van der Waals surface area contributed by atoms with Crippen LogP contribution in [-0.4, -0.2) is 62.0 Å². The molecule has 1 saturated heterocycles. The summed E-state index contributed by atoms with van der Waals surface area (Å²) in [5.41, 5.74) is 3.31. The number of rotatable bonds is 13. The highest BCUT2D eigenvalue weighted by Crippen LogP contribution is 2.21. The Hall–Kier alpha value is -3.07. The Morgan fingerprint density at radius 3 is 2.81 bits per heavy atom. The number of hydrogen-bond acceptors (Lipinski definition) is 7. The minimum Gasteiger partial charge on any atom is -0.480 e. The fraction of sp³-hybridized carbons (Fsp3) is 0.593. The molecule has 2 aromatic rings. The quantitative estimate of drug-likeness (QED) is 0.363. The molecule has 1 fully saturated rings. The van der Waals surface area contributed by atoms with E-state index < -0.39 is 12.0 Å². The standard InChI is InChI=1S/C27H38N6O3/c34-26(24-11-7-17-33(24)18-22-14-16-28-19-30-22)32-23(27(35)36)10-5-3-1-2-4-9-21-13-12-20-8-6-15-29-25(20)31-21/h12-14,16,19,23-24H,1-11,15,17-18H2,(H,29,31)(H,32,34)(H,35,36). The van der Waals surface area contributed by atoms with Crippen LogP contribution in [0, 0.1) is 0 Å². The maximum absolute atomic E-state index is 12.9. The van der Waals surface area contributed by atoms with Crippen LogP contribution in [0.3, 0.4) is 0 Å². The largest absolute Gasteiger partial charge is 0.480 e. The molecular weight excluding hydrogens is 456 g/mol. The molecule has 2 unspecified atom stereocenters. The number of carboxylic acids is 1. The van der Waals surface area contributed by atoms with Gasteiger partial charge in [0, 0.05) is 25.0 Å². The Balaban J connectivity index is 1.14. The number of hydrogen-bond donors (Lipinski definition) is 3. The number of unbranched alkanes of at least 4 members (excludes halogenated alkanes) is 4. The molecule has 194 valence electrons. The minimum atomic E-state index is -0.962. The molecule has 4 heterocycles. The van der Waals surface area contributed by atoms with Crippen molar-refractivity contribution in [3.63, 3.8) is 0 Å². The smallest absolute Gasteiger partial charge is 0.326 e. The summed E-state index contributed by atoms with van der Waals surface area (Å²) >= 11 is 0. The summed E-state index contributed by atoms with van der Waals surface area (Å²) in [6.07, 6.45) is 13.5. The van der Waals surface area contributed by atoms with E-state index in [1.807, 2.05) is 6.07 Å². The summed E-state index contributed by atoms with van der Waals surface area (Å²) in [6.45, 7) is 2.37. The van der Waals surface area contributed by atoms with Gasteiger partial charge in [-0.05, 0) is 69.2 Å². The van der Waals surface area contributed by atoms with Crippen LogP contribution in [0.25, 0.3) is 0 Å². The maximum Gasteiger partial charge on any atom is 0.326 e. The van der Waals surface area contributed by atoms with Crippen molar-refractivity contribution in [3.05, 3.63) is 47.7 Å². The highest BCUT2D eigenvalue weighted by Gasteiger charge is 2.33. The number of anilines is 1. The predicted molar refractivity (Wildman–Crippen MR) is 137 cm³/mol. The van der Waals surface area contributed by atoms with Crippen molar-refractivity contribution >= 4 is 17.7 Å². The first-order valence-electron chi connectivity index (χ1n) is 13.3. The van der Waals surface area contributed by atoms with Crippen molar-refractivity contribution < 1.29 is 14.7 Å². The molecule has 2 aromatic heterocycles. The number of likely N-dealkylation sites (tertiary alicyclic amines) is 1. The van der Waals surface area contributed by atoms with Crippen LogP contribution in [0.2, 0.25) is 0 Å². The van der Waals surface area contributed by atoms with E-state index in [1.165, 1.54) is 18.3 Å². The number of amides is 1. The number of nitrogens with zero attached hydrogens (tertiary/aromatic N) is 4. The second-order valence-corrected chi connectivity index (χ2v) is 9.88. The number of carbonyl (C=O) groups is 2. The highest BCUT2D eigenvalue weighted by atomic mass is 16.4. The maximum atomic E-state index is 12.9. The van der Waals surface area contributed by atoms with Crippen molar-refractivity contribution in [1.29, 1.82) is 0 Å². The Morgan fingerprint density at radius 2 is 1.97 bits per heavy atom. The summed E-state index contributed by atoms with van der Waals surface area (Å²) in [4.78, 5) is 39.7. The molecule has 0 bridgehead atoms. The van der Waals surface area contributed by atoms with E-state index in [1.54, 1.807) is 6.20 Å². The van der Waals surface area contributed by atoms with Crippen molar-refractivity contribution in [3.8, 4) is 0 Å². The molecule has 9 heteroatoms. The normalized spacial score (nSPS) is 18.3. The third-order valence-corrected chi connectivity index (χ3v) is 7.17. The van der Waals surface area contributed by atoms with Gasteiger partial charge in [-0.1, -0.05) is 31.7 Å². The molecule has 0 aromatic carbocycles. The predicted octanol–water partition coefficient (Wildman–Crippen LogP) is 3.35. The molecule has 0 radical (unpaired) electrons. The number of aliphatic carboxylic acids is 1. The lowest BCUT2D eigenvalue weighted by Gasteiger charge is -2.25. The second kappa shape index (κ2) is 13.3. The number of nitrogens with one attached hydrogen (secondary N) is 2. The van der Waals surface area contributed by atoms with Gasteiger partial charge >= 0.3 is 5.97 Å². The van der Waals surface area contributed by atoms with Gasteiger partial charge in [-0.3, -0.25) is 9.69 Å². The molecule has 9 nitrogen and oxygen atoms in total. The lowest BCUT2D eigenvalue weighted by atomic mass is 10.0. The third-order valence-electron chi connectivity index (χ3n) is 7.17. The Morgan fingerprint density at radius 1 is 1.11 bits per heavy atom. The summed E-state index contributed by atoms with van der Waals surface area (Å²) in [7, 11) is 0. The number of carbonyl (C=O) groups excluding carboxylic acids is 1. The highest BCUT2D eigenvalue weighted by molar-refractivity contribution is 5.87. The zero-order valence-corrected chi connectivity index (χ0v) is 21.0. The molecule has 0 saturated carbocycles. The van der Waals surface area contributed by atoms with Gasteiger partial charge in [0.05, 0.1) is 11.7 Å². The summed E-state index contributed by atoms with van der Waals surface area (Å²) < 4.78 is 0. The first-order valence-corrected chi connectivity index (χ1v) is 13.3. The van der Waals surface area contributed by atoms with Crippen molar-refractivity contribution in [2.45, 2.75) is 89.3 Å². The van der Waals surface area contributed by atoms with Crippen LogP contribution in [-0.2, 0) is 29.0 Å². The first-order chi connectivity index (χ1) is 17.6. The first kappa shape index (κ1) is 26.0. The number of aromatic nitrogens is 3. The van der Waals surface area contributed by atoms with E-state index in [9.17, 15) is 14.7 Å². The van der Waals surface area contributed by atoms with Crippen LogP contribution < -0.4 is 10.6 Å². The van der Waals surface area contributed by atoms with Gasteiger partial charge in [-0.2, -0.15) is 0 Å². The van der Waals surface area contributed by atoms with Crippen LogP contribution in [0.1, 0.15) is 74.7 Å². The fourth-order valence-electron chi connectivity index (χ4n) is 5.15. The zero-order chi connectivity index (χ0) is 25.2. The lowest BCUT2D eigenvalue weighted by molar-refractivity contribution is -0.142. The Kier molecular flexibility index (Phi) is 9.61. The van der Waals surface area contributed by atoms with Crippen LogP contribution in [0.4, 0.5) is 5.82 Å². The van der Waals surface area contributed by atoms with E-state index in [-0.39, 0.29) is 11.9 Å².